The van der Waals surface area contributed by atoms with Gasteiger partial charge in [0.15, 0.2) is 0 Å². The summed E-state index contributed by atoms with van der Waals surface area (Å²) in [7, 11) is 4.19. The second-order valence-electron chi connectivity index (χ2n) is 9.54. The lowest BCUT2D eigenvalue weighted by Gasteiger charge is -2.34. The Balaban J connectivity index is 1.48. The summed E-state index contributed by atoms with van der Waals surface area (Å²) in [6.07, 6.45) is 4.29. The summed E-state index contributed by atoms with van der Waals surface area (Å²) in [6, 6.07) is 16.0. The maximum atomic E-state index is 13.1. The van der Waals surface area contributed by atoms with Crippen LogP contribution in [0.25, 0.3) is 10.9 Å². The van der Waals surface area contributed by atoms with Crippen LogP contribution in [0.15, 0.2) is 48.5 Å². The first-order chi connectivity index (χ1) is 15.9. The molecule has 1 aliphatic heterocycles. The number of likely N-dealkylation sites (N-methyl/N-ethyl adjacent to an activating group) is 1. The summed E-state index contributed by atoms with van der Waals surface area (Å²) < 4.78 is 15.5. The first-order valence-electron chi connectivity index (χ1n) is 11.9. The molecule has 176 valence electrons. The Bertz CT molecular complexity index is 1080. The van der Waals surface area contributed by atoms with Gasteiger partial charge in [0, 0.05) is 43.4 Å². The van der Waals surface area contributed by atoms with Crippen LogP contribution in [0.4, 0.5) is 4.39 Å². The van der Waals surface area contributed by atoms with Crippen molar-refractivity contribution >= 4 is 16.8 Å². The van der Waals surface area contributed by atoms with Gasteiger partial charge in [-0.2, -0.15) is 0 Å². The molecule has 3 aromatic rings. The lowest BCUT2D eigenvalue weighted by Crippen LogP contribution is -2.36. The van der Waals surface area contributed by atoms with Gasteiger partial charge in [0.2, 0.25) is 5.91 Å². The second kappa shape index (κ2) is 10.5. The van der Waals surface area contributed by atoms with E-state index in [0.717, 1.165) is 57.6 Å². The van der Waals surface area contributed by atoms with Crippen molar-refractivity contribution in [2.75, 3.05) is 40.3 Å². The third-order valence-electron chi connectivity index (χ3n) is 6.74. The fourth-order valence-corrected chi connectivity index (χ4v) is 4.92. The Hall–Kier alpha value is -2.70. The number of carbonyl (C=O) groups excluding carboxylic acids is 1. The maximum Gasteiger partial charge on any atom is 0.223 e. The number of primary amides is 1. The molecule has 33 heavy (non-hydrogen) atoms. The zero-order valence-electron chi connectivity index (χ0n) is 19.8. The third kappa shape index (κ3) is 6.01. The molecule has 0 bridgehead atoms. The third-order valence-corrected chi connectivity index (χ3v) is 6.74. The molecule has 0 spiro atoms. The van der Waals surface area contributed by atoms with Crippen LogP contribution in [-0.4, -0.2) is 60.5 Å². The van der Waals surface area contributed by atoms with E-state index in [4.69, 9.17) is 5.73 Å². The highest BCUT2D eigenvalue weighted by Gasteiger charge is 2.24. The van der Waals surface area contributed by atoms with Crippen LogP contribution >= 0.6 is 0 Å². The van der Waals surface area contributed by atoms with Gasteiger partial charge in [-0.05, 0) is 80.6 Å². The van der Waals surface area contributed by atoms with Crippen molar-refractivity contribution in [3.8, 4) is 0 Å². The highest BCUT2D eigenvalue weighted by molar-refractivity contribution is 5.85. The first-order valence-corrected chi connectivity index (χ1v) is 11.9. The van der Waals surface area contributed by atoms with E-state index in [1.807, 2.05) is 12.1 Å². The lowest BCUT2D eigenvalue weighted by molar-refractivity contribution is -0.117. The monoisotopic (exact) mass is 450 g/mol. The highest BCUT2D eigenvalue weighted by atomic mass is 19.1. The van der Waals surface area contributed by atoms with E-state index in [9.17, 15) is 9.18 Å². The van der Waals surface area contributed by atoms with E-state index in [1.54, 1.807) is 0 Å². The zero-order chi connectivity index (χ0) is 23.4. The van der Waals surface area contributed by atoms with Gasteiger partial charge in [0.05, 0.1) is 6.42 Å². The molecular weight excluding hydrogens is 415 g/mol. The average Bonchev–Trinajstić information content (AvgIpc) is 3.14. The average molecular weight is 451 g/mol. The van der Waals surface area contributed by atoms with Gasteiger partial charge in [0.1, 0.15) is 5.82 Å². The first kappa shape index (κ1) is 23.5. The smallest absolute Gasteiger partial charge is 0.223 e. The number of halogens is 1. The summed E-state index contributed by atoms with van der Waals surface area (Å²) >= 11 is 0. The van der Waals surface area contributed by atoms with E-state index in [-0.39, 0.29) is 18.1 Å². The van der Waals surface area contributed by atoms with Crippen molar-refractivity contribution in [3.63, 3.8) is 0 Å². The number of fused-ring (bicyclic) bond motifs is 1. The molecule has 2 heterocycles. The van der Waals surface area contributed by atoms with Gasteiger partial charge in [-0.3, -0.25) is 4.79 Å². The number of hydrogen-bond donors (Lipinski definition) is 1. The molecule has 0 atom stereocenters. The molecule has 0 aliphatic carbocycles. The number of benzene rings is 2. The van der Waals surface area contributed by atoms with E-state index in [0.29, 0.717) is 6.04 Å². The van der Waals surface area contributed by atoms with Gasteiger partial charge in [-0.15, -0.1) is 0 Å². The topological polar surface area (TPSA) is 54.5 Å². The number of aromatic nitrogens is 1. The number of nitrogens with zero attached hydrogens (tertiary/aromatic N) is 3. The van der Waals surface area contributed by atoms with Gasteiger partial charge >= 0.3 is 0 Å². The van der Waals surface area contributed by atoms with Crippen LogP contribution in [0, 0.1) is 5.82 Å². The molecule has 6 heteroatoms. The van der Waals surface area contributed by atoms with Crippen LogP contribution in [0.5, 0.6) is 0 Å². The highest BCUT2D eigenvalue weighted by Crippen LogP contribution is 2.31. The Kier molecular flexibility index (Phi) is 7.46. The number of amides is 1. The molecule has 1 amide bonds. The minimum absolute atomic E-state index is 0.185. The number of nitrogens with two attached hydrogens (primary N) is 1. The van der Waals surface area contributed by atoms with Gasteiger partial charge < -0.3 is 20.1 Å². The number of likely N-dealkylation sites (tertiary alicyclic amines) is 1. The Morgan fingerprint density at radius 1 is 1.03 bits per heavy atom. The minimum atomic E-state index is -0.288. The number of hydrogen-bond acceptors (Lipinski definition) is 3. The fraction of sp³-hybridized carbons (Fsp3) is 0.444. The second-order valence-corrected chi connectivity index (χ2v) is 9.54. The molecule has 1 fully saturated rings. The molecule has 4 rings (SSSR count). The summed E-state index contributed by atoms with van der Waals surface area (Å²) in [5.74, 6) is -0.473. The van der Waals surface area contributed by atoms with Crippen LogP contribution in [0.2, 0.25) is 0 Å². The molecule has 1 saturated heterocycles. The Morgan fingerprint density at radius 2 is 1.73 bits per heavy atom. The van der Waals surface area contributed by atoms with Crippen molar-refractivity contribution in [2.45, 2.75) is 38.1 Å². The molecule has 2 N–H and O–H groups in total. The zero-order valence-corrected chi connectivity index (χ0v) is 19.8. The number of piperidine rings is 1. The molecule has 0 radical (unpaired) electrons. The van der Waals surface area contributed by atoms with Crippen LogP contribution in [0.3, 0.4) is 0 Å². The largest absolute Gasteiger partial charge is 0.369 e. The fourth-order valence-electron chi connectivity index (χ4n) is 4.92. The molecule has 1 aromatic heterocycles. The number of rotatable bonds is 9. The van der Waals surface area contributed by atoms with Gasteiger partial charge in [0.25, 0.3) is 0 Å². The van der Waals surface area contributed by atoms with Crippen LogP contribution in [0.1, 0.15) is 35.7 Å². The van der Waals surface area contributed by atoms with Gasteiger partial charge in [-0.25, -0.2) is 4.39 Å². The predicted molar refractivity (Wildman–Crippen MR) is 132 cm³/mol. The summed E-state index contributed by atoms with van der Waals surface area (Å²) in [6.45, 7) is 4.02. The van der Waals surface area contributed by atoms with E-state index >= 15 is 0 Å². The summed E-state index contributed by atoms with van der Waals surface area (Å²) in [5.41, 5.74) is 10.3. The number of carbonyl (C=O) groups is 1. The normalized spacial score (nSPS) is 15.5. The minimum Gasteiger partial charge on any atom is -0.369 e. The van der Waals surface area contributed by atoms with Crippen molar-refractivity contribution in [1.82, 2.24) is 14.4 Å². The quantitative estimate of drug-likeness (QED) is 0.540. The van der Waals surface area contributed by atoms with Crippen LogP contribution < -0.4 is 5.73 Å². The SMILES string of the molecule is CN(C)CCc1ccc2cc(CC(N)=O)n(C3CCN(CCc4ccc(F)cc4)CC3)c2c1. The van der Waals surface area contributed by atoms with Crippen LogP contribution in [-0.2, 0) is 24.1 Å². The van der Waals surface area contributed by atoms with Crippen molar-refractivity contribution in [3.05, 3.63) is 71.2 Å². The van der Waals surface area contributed by atoms with E-state index in [1.165, 1.54) is 34.2 Å². The Morgan fingerprint density at radius 3 is 2.39 bits per heavy atom. The summed E-state index contributed by atoms with van der Waals surface area (Å²) in [5, 5.41) is 1.18. The molecule has 2 aromatic carbocycles. The molecule has 5 nitrogen and oxygen atoms in total. The van der Waals surface area contributed by atoms with Crippen molar-refractivity contribution in [1.29, 1.82) is 0 Å². The molecule has 1 aliphatic rings. The Labute approximate surface area is 196 Å². The van der Waals surface area contributed by atoms with E-state index in [2.05, 4.69) is 52.7 Å². The standard InChI is InChI=1S/C27H35FN4O/c1-30(2)13-9-21-3-6-22-18-25(19-27(29)33)32(26(22)17-21)24-11-15-31(16-12-24)14-10-20-4-7-23(28)8-5-20/h3-8,17-18,24H,9-16,19H2,1-2H3,(H2,29,33). The predicted octanol–water partition coefficient (Wildman–Crippen LogP) is 3.79. The molecule has 0 unspecified atom stereocenters. The maximum absolute atomic E-state index is 13.1. The van der Waals surface area contributed by atoms with Crippen molar-refractivity contribution < 1.29 is 9.18 Å². The summed E-state index contributed by atoms with van der Waals surface area (Å²) in [4.78, 5) is 16.5. The lowest BCUT2D eigenvalue weighted by atomic mass is 10.0. The van der Waals surface area contributed by atoms with Crippen molar-refractivity contribution in [2.24, 2.45) is 5.73 Å². The molecule has 0 saturated carbocycles. The molecular formula is C27H35FN4O. The van der Waals surface area contributed by atoms with E-state index < -0.39 is 0 Å². The van der Waals surface area contributed by atoms with Gasteiger partial charge in [-0.1, -0.05) is 24.3 Å².